The molecule has 0 aromatic carbocycles. The predicted octanol–water partition coefficient (Wildman–Crippen LogP) is 0.665. The highest BCUT2D eigenvalue weighted by molar-refractivity contribution is 5.80. The smallest absolute Gasteiger partial charge is 0.225 e. The van der Waals surface area contributed by atoms with Gasteiger partial charge in [-0.15, -0.1) is 0 Å². The maximum atomic E-state index is 12.3. The Kier molecular flexibility index (Phi) is 6.75. The van der Waals surface area contributed by atoms with Gasteiger partial charge in [0.25, 0.3) is 0 Å². The fourth-order valence-electron chi connectivity index (χ4n) is 3.91. The molecule has 1 saturated carbocycles. The normalized spacial score (nSPS) is 28.1. The average Bonchev–Trinajstić information content (AvgIpc) is 3.04. The van der Waals surface area contributed by atoms with Crippen LogP contribution in [-0.4, -0.2) is 86.7 Å². The Labute approximate surface area is 157 Å². The molecule has 3 fully saturated rings. The fourth-order valence-corrected chi connectivity index (χ4v) is 3.91. The van der Waals surface area contributed by atoms with E-state index in [-0.39, 0.29) is 5.60 Å². The van der Waals surface area contributed by atoms with E-state index in [0.29, 0.717) is 11.8 Å². The lowest BCUT2D eigenvalue weighted by atomic mass is 9.84. The second-order valence-electron chi connectivity index (χ2n) is 8.05. The standard InChI is InChI=1S/C19H35N5O2/c1-19(7-4-14-26-19)15-22-18(20-2)21-8-9-23-10-12-24(13-11-23)17(25)16-5-3-6-16/h16H,3-15H2,1-2H3,(H2,20,21,22). The van der Waals surface area contributed by atoms with Gasteiger partial charge in [-0.1, -0.05) is 6.42 Å². The van der Waals surface area contributed by atoms with Gasteiger partial charge >= 0.3 is 0 Å². The van der Waals surface area contributed by atoms with Crippen LogP contribution < -0.4 is 10.6 Å². The van der Waals surface area contributed by atoms with Crippen LogP contribution in [0.3, 0.4) is 0 Å². The van der Waals surface area contributed by atoms with Gasteiger partial charge in [-0.2, -0.15) is 0 Å². The molecule has 0 aromatic rings. The molecule has 3 rings (SSSR count). The number of guanidine groups is 1. The molecule has 3 aliphatic rings. The Bertz CT molecular complexity index is 492. The van der Waals surface area contributed by atoms with Crippen molar-refractivity contribution in [2.24, 2.45) is 10.9 Å². The summed E-state index contributed by atoms with van der Waals surface area (Å²) in [5.41, 5.74) is -0.0685. The van der Waals surface area contributed by atoms with E-state index in [2.05, 4.69) is 32.3 Å². The predicted molar refractivity (Wildman–Crippen MR) is 103 cm³/mol. The fraction of sp³-hybridized carbons (Fsp3) is 0.895. The number of nitrogens with zero attached hydrogens (tertiary/aromatic N) is 3. The van der Waals surface area contributed by atoms with E-state index in [1.54, 1.807) is 7.05 Å². The Morgan fingerprint density at radius 1 is 1.19 bits per heavy atom. The Hall–Kier alpha value is -1.34. The summed E-state index contributed by atoms with van der Waals surface area (Å²) in [5.74, 6) is 1.55. The van der Waals surface area contributed by atoms with Crippen LogP contribution in [0.1, 0.15) is 39.0 Å². The van der Waals surface area contributed by atoms with Crippen molar-refractivity contribution < 1.29 is 9.53 Å². The molecular formula is C19H35N5O2. The third kappa shape index (κ3) is 5.10. The van der Waals surface area contributed by atoms with Crippen molar-refractivity contribution in [3.8, 4) is 0 Å². The molecule has 148 valence electrons. The number of carbonyl (C=O) groups is 1. The summed E-state index contributed by atoms with van der Waals surface area (Å²) < 4.78 is 5.81. The molecule has 2 N–H and O–H groups in total. The summed E-state index contributed by atoms with van der Waals surface area (Å²) >= 11 is 0. The average molecular weight is 366 g/mol. The molecule has 2 heterocycles. The van der Waals surface area contributed by atoms with Crippen LogP contribution in [0, 0.1) is 5.92 Å². The van der Waals surface area contributed by atoms with E-state index in [1.807, 2.05) is 0 Å². The number of aliphatic imine (C=N–C) groups is 1. The van der Waals surface area contributed by atoms with Gasteiger partial charge in [0, 0.05) is 65.4 Å². The second-order valence-corrected chi connectivity index (χ2v) is 8.05. The molecule has 0 spiro atoms. The van der Waals surface area contributed by atoms with E-state index < -0.39 is 0 Å². The number of piperazine rings is 1. The zero-order chi connectivity index (χ0) is 18.4. The third-order valence-electron chi connectivity index (χ3n) is 6.01. The van der Waals surface area contributed by atoms with Crippen LogP contribution in [-0.2, 0) is 9.53 Å². The van der Waals surface area contributed by atoms with Crippen LogP contribution >= 0.6 is 0 Å². The zero-order valence-electron chi connectivity index (χ0n) is 16.4. The van der Waals surface area contributed by atoms with Crippen molar-refractivity contribution >= 4 is 11.9 Å². The van der Waals surface area contributed by atoms with E-state index in [0.717, 1.165) is 84.1 Å². The summed E-state index contributed by atoms with van der Waals surface area (Å²) in [6.07, 6.45) is 5.65. The minimum absolute atomic E-state index is 0.0685. The lowest BCUT2D eigenvalue weighted by molar-refractivity contribution is -0.139. The van der Waals surface area contributed by atoms with Gasteiger partial charge in [-0.25, -0.2) is 0 Å². The summed E-state index contributed by atoms with van der Waals surface area (Å²) in [7, 11) is 1.80. The molecule has 0 aromatic heterocycles. The summed E-state index contributed by atoms with van der Waals surface area (Å²) in [6, 6.07) is 0. The summed E-state index contributed by atoms with van der Waals surface area (Å²) in [4.78, 5) is 21.1. The second kappa shape index (κ2) is 9.04. The number of carbonyl (C=O) groups excluding carboxylic acids is 1. The van der Waals surface area contributed by atoms with Crippen molar-refractivity contribution in [3.05, 3.63) is 0 Å². The molecule has 1 aliphatic carbocycles. The number of nitrogens with one attached hydrogen (secondary N) is 2. The van der Waals surface area contributed by atoms with E-state index in [1.165, 1.54) is 6.42 Å². The number of amides is 1. The Balaban J connectivity index is 1.30. The van der Waals surface area contributed by atoms with Gasteiger partial charge in [-0.3, -0.25) is 14.7 Å². The van der Waals surface area contributed by atoms with Crippen molar-refractivity contribution in [1.29, 1.82) is 0 Å². The minimum atomic E-state index is -0.0685. The first-order chi connectivity index (χ1) is 12.6. The molecule has 2 saturated heterocycles. The number of ether oxygens (including phenoxy) is 1. The highest BCUT2D eigenvalue weighted by atomic mass is 16.5. The monoisotopic (exact) mass is 365 g/mol. The first-order valence-corrected chi connectivity index (χ1v) is 10.2. The van der Waals surface area contributed by atoms with E-state index >= 15 is 0 Å². The van der Waals surface area contributed by atoms with Crippen molar-refractivity contribution in [3.63, 3.8) is 0 Å². The van der Waals surface area contributed by atoms with E-state index in [9.17, 15) is 4.79 Å². The molecule has 7 nitrogen and oxygen atoms in total. The van der Waals surface area contributed by atoms with Gasteiger partial charge in [0.2, 0.25) is 5.91 Å². The van der Waals surface area contributed by atoms with Gasteiger partial charge in [0.15, 0.2) is 5.96 Å². The molecule has 1 amide bonds. The van der Waals surface area contributed by atoms with Crippen LogP contribution in [0.2, 0.25) is 0 Å². The Morgan fingerprint density at radius 3 is 2.54 bits per heavy atom. The molecule has 26 heavy (non-hydrogen) atoms. The molecule has 2 aliphatic heterocycles. The van der Waals surface area contributed by atoms with Crippen molar-refractivity contribution in [2.45, 2.75) is 44.6 Å². The van der Waals surface area contributed by atoms with Crippen LogP contribution in [0.25, 0.3) is 0 Å². The maximum Gasteiger partial charge on any atom is 0.225 e. The topological polar surface area (TPSA) is 69.2 Å². The van der Waals surface area contributed by atoms with E-state index in [4.69, 9.17) is 4.74 Å². The molecule has 1 unspecified atom stereocenters. The maximum absolute atomic E-state index is 12.3. The highest BCUT2D eigenvalue weighted by Gasteiger charge is 2.31. The molecule has 0 radical (unpaired) electrons. The number of hydrogen-bond donors (Lipinski definition) is 2. The SMILES string of the molecule is CN=C(NCCN1CCN(C(=O)C2CCC2)CC1)NCC1(C)CCCO1. The summed E-state index contributed by atoms with van der Waals surface area (Å²) in [6.45, 7) is 9.32. The van der Waals surface area contributed by atoms with Gasteiger partial charge in [-0.05, 0) is 32.6 Å². The highest BCUT2D eigenvalue weighted by Crippen LogP contribution is 2.28. The van der Waals surface area contributed by atoms with Crippen molar-refractivity contribution in [1.82, 2.24) is 20.4 Å². The zero-order valence-corrected chi connectivity index (χ0v) is 16.4. The molecular weight excluding hydrogens is 330 g/mol. The molecule has 7 heteroatoms. The lowest BCUT2D eigenvalue weighted by Gasteiger charge is -2.38. The first kappa shape index (κ1) is 19.4. The third-order valence-corrected chi connectivity index (χ3v) is 6.01. The number of hydrogen-bond acceptors (Lipinski definition) is 4. The largest absolute Gasteiger partial charge is 0.373 e. The van der Waals surface area contributed by atoms with Gasteiger partial charge in [0.1, 0.15) is 0 Å². The van der Waals surface area contributed by atoms with Gasteiger partial charge in [0.05, 0.1) is 5.60 Å². The van der Waals surface area contributed by atoms with Crippen LogP contribution in [0.15, 0.2) is 4.99 Å². The summed E-state index contributed by atoms with van der Waals surface area (Å²) in [5, 5.41) is 6.77. The molecule has 0 bridgehead atoms. The van der Waals surface area contributed by atoms with Crippen LogP contribution in [0.4, 0.5) is 0 Å². The molecule has 1 atom stereocenters. The van der Waals surface area contributed by atoms with Crippen molar-refractivity contribution in [2.75, 3.05) is 59.5 Å². The van der Waals surface area contributed by atoms with Crippen LogP contribution in [0.5, 0.6) is 0 Å². The van der Waals surface area contributed by atoms with Gasteiger partial charge < -0.3 is 20.3 Å². The first-order valence-electron chi connectivity index (χ1n) is 10.2. The quantitative estimate of drug-likeness (QED) is 0.535. The Morgan fingerprint density at radius 2 is 1.96 bits per heavy atom. The minimum Gasteiger partial charge on any atom is -0.373 e. The number of rotatable bonds is 6. The lowest BCUT2D eigenvalue weighted by Crippen LogP contribution is -2.53.